The van der Waals surface area contributed by atoms with Crippen molar-refractivity contribution in [2.24, 2.45) is 0 Å². The Morgan fingerprint density at radius 1 is 1.50 bits per heavy atom. The fourth-order valence-corrected chi connectivity index (χ4v) is 0.849. The number of nitro benzene ring substituents is 1. The summed E-state index contributed by atoms with van der Waals surface area (Å²) in [5.41, 5.74) is -0.678. The van der Waals surface area contributed by atoms with Crippen molar-refractivity contribution in [1.29, 1.82) is 0 Å². The maximum Gasteiger partial charge on any atom is 0.387 e. The normalized spacial score (nSPS) is 10.2. The molecule has 0 saturated carbocycles. The first-order valence-corrected chi connectivity index (χ1v) is 3.43. The summed E-state index contributed by atoms with van der Waals surface area (Å²) in [5, 5.41) is 19.4. The maximum atomic E-state index is 11.7. The van der Waals surface area contributed by atoms with Crippen LogP contribution in [0.25, 0.3) is 0 Å². The van der Waals surface area contributed by atoms with Gasteiger partial charge < -0.3 is 9.84 Å². The van der Waals surface area contributed by atoms with E-state index in [1.54, 1.807) is 0 Å². The molecule has 0 radical (unpaired) electrons. The fraction of sp³-hybridized carbons (Fsp3) is 0.143. The van der Waals surface area contributed by atoms with Gasteiger partial charge in [0.25, 0.3) is 0 Å². The molecular weight excluding hydrogens is 200 g/mol. The monoisotopic (exact) mass is 205 g/mol. The summed E-state index contributed by atoms with van der Waals surface area (Å²) < 4.78 is 27.3. The SMILES string of the molecule is O=[N+]([O-])c1cccc(OC(F)F)c1O. The van der Waals surface area contributed by atoms with Crippen molar-refractivity contribution < 1.29 is 23.5 Å². The number of nitrogens with zero attached hydrogens (tertiary/aromatic N) is 1. The Bertz CT molecular complexity index is 356. The Morgan fingerprint density at radius 3 is 2.64 bits per heavy atom. The number of nitro groups is 1. The molecule has 14 heavy (non-hydrogen) atoms. The summed E-state index contributed by atoms with van der Waals surface area (Å²) >= 11 is 0. The first-order chi connectivity index (χ1) is 6.52. The summed E-state index contributed by atoms with van der Waals surface area (Å²) in [5.74, 6) is -1.52. The van der Waals surface area contributed by atoms with Crippen molar-refractivity contribution in [2.45, 2.75) is 6.61 Å². The second-order valence-electron chi connectivity index (χ2n) is 2.26. The Kier molecular flexibility index (Phi) is 2.80. The third kappa shape index (κ3) is 2.06. The molecule has 0 atom stereocenters. The molecule has 1 rings (SSSR count). The van der Waals surface area contributed by atoms with Gasteiger partial charge in [-0.3, -0.25) is 10.1 Å². The quantitative estimate of drug-likeness (QED) is 0.604. The average molecular weight is 205 g/mol. The highest BCUT2D eigenvalue weighted by Gasteiger charge is 2.19. The van der Waals surface area contributed by atoms with E-state index in [0.29, 0.717) is 0 Å². The number of rotatable bonds is 3. The molecule has 5 nitrogen and oxygen atoms in total. The Balaban J connectivity index is 3.07. The highest BCUT2D eigenvalue weighted by molar-refractivity contribution is 5.54. The lowest BCUT2D eigenvalue weighted by molar-refractivity contribution is -0.386. The van der Waals surface area contributed by atoms with Gasteiger partial charge in [0.1, 0.15) is 0 Å². The van der Waals surface area contributed by atoms with Crippen LogP contribution in [0.3, 0.4) is 0 Å². The second kappa shape index (κ2) is 3.86. The van der Waals surface area contributed by atoms with Crippen LogP contribution in [-0.4, -0.2) is 16.6 Å². The minimum absolute atomic E-state index is 0.616. The van der Waals surface area contributed by atoms with Crippen LogP contribution < -0.4 is 4.74 Å². The molecule has 0 unspecified atom stereocenters. The van der Waals surface area contributed by atoms with E-state index in [9.17, 15) is 18.9 Å². The van der Waals surface area contributed by atoms with Gasteiger partial charge in [0.15, 0.2) is 5.75 Å². The summed E-state index contributed by atoms with van der Waals surface area (Å²) in [6.07, 6.45) is 0. The molecule has 0 aliphatic carbocycles. The van der Waals surface area contributed by atoms with E-state index in [4.69, 9.17) is 5.11 Å². The molecule has 0 aliphatic rings. The van der Waals surface area contributed by atoms with E-state index in [1.807, 2.05) is 0 Å². The molecular formula is C7H5F2NO4. The Morgan fingerprint density at radius 2 is 2.14 bits per heavy atom. The number of alkyl halides is 2. The number of benzene rings is 1. The van der Waals surface area contributed by atoms with Gasteiger partial charge in [0.05, 0.1) is 4.92 Å². The van der Waals surface area contributed by atoms with Crippen LogP contribution in [0.15, 0.2) is 18.2 Å². The Hall–Kier alpha value is -1.92. The molecule has 1 N–H and O–H groups in total. The van der Waals surface area contributed by atoms with Crippen molar-refractivity contribution in [3.63, 3.8) is 0 Å². The van der Waals surface area contributed by atoms with E-state index in [0.717, 1.165) is 18.2 Å². The number of aromatic hydroxyl groups is 1. The summed E-state index contributed by atoms with van der Waals surface area (Å²) in [6.45, 7) is -3.14. The van der Waals surface area contributed by atoms with Crippen molar-refractivity contribution in [3.05, 3.63) is 28.3 Å². The number of para-hydroxylation sites is 1. The van der Waals surface area contributed by atoms with Gasteiger partial charge in [-0.05, 0) is 6.07 Å². The topological polar surface area (TPSA) is 72.6 Å². The third-order valence-electron chi connectivity index (χ3n) is 1.39. The molecule has 7 heteroatoms. The van der Waals surface area contributed by atoms with E-state index < -0.39 is 28.7 Å². The van der Waals surface area contributed by atoms with E-state index in [1.165, 1.54) is 0 Å². The smallest absolute Gasteiger partial charge is 0.387 e. The predicted molar refractivity (Wildman–Crippen MR) is 41.4 cm³/mol. The minimum atomic E-state index is -3.14. The molecule has 0 amide bonds. The van der Waals surface area contributed by atoms with E-state index in [2.05, 4.69) is 4.74 Å². The molecule has 0 saturated heterocycles. The highest BCUT2D eigenvalue weighted by Crippen LogP contribution is 2.35. The molecule has 0 fully saturated rings. The molecule has 76 valence electrons. The van der Waals surface area contributed by atoms with Crippen LogP contribution in [0.4, 0.5) is 14.5 Å². The first-order valence-electron chi connectivity index (χ1n) is 3.43. The number of hydrogen-bond donors (Lipinski definition) is 1. The first kappa shape index (κ1) is 10.2. The lowest BCUT2D eigenvalue weighted by atomic mass is 10.3. The number of ether oxygens (including phenoxy) is 1. The number of hydrogen-bond acceptors (Lipinski definition) is 4. The van der Waals surface area contributed by atoms with Crippen LogP contribution in [0.1, 0.15) is 0 Å². The molecule has 0 aliphatic heterocycles. The Labute approximate surface area is 76.7 Å². The van der Waals surface area contributed by atoms with Gasteiger partial charge in [-0.1, -0.05) is 6.07 Å². The highest BCUT2D eigenvalue weighted by atomic mass is 19.3. The second-order valence-corrected chi connectivity index (χ2v) is 2.26. The van der Waals surface area contributed by atoms with E-state index in [-0.39, 0.29) is 0 Å². The zero-order valence-corrected chi connectivity index (χ0v) is 6.68. The van der Waals surface area contributed by atoms with Crippen molar-refractivity contribution in [2.75, 3.05) is 0 Å². The number of phenolic OH excluding ortho intramolecular Hbond substituents is 1. The predicted octanol–water partition coefficient (Wildman–Crippen LogP) is 1.90. The molecule has 0 spiro atoms. The van der Waals surface area contributed by atoms with Gasteiger partial charge in [0, 0.05) is 6.07 Å². The number of halogens is 2. The fourth-order valence-electron chi connectivity index (χ4n) is 0.849. The summed E-state index contributed by atoms with van der Waals surface area (Å²) in [4.78, 5) is 9.37. The average Bonchev–Trinajstić information content (AvgIpc) is 2.07. The van der Waals surface area contributed by atoms with Crippen molar-refractivity contribution in [3.8, 4) is 11.5 Å². The molecule has 0 aromatic heterocycles. The lowest BCUT2D eigenvalue weighted by Gasteiger charge is -2.05. The minimum Gasteiger partial charge on any atom is -0.500 e. The molecule has 0 heterocycles. The van der Waals surface area contributed by atoms with Crippen LogP contribution >= 0.6 is 0 Å². The number of phenols is 1. The van der Waals surface area contributed by atoms with Crippen LogP contribution in [0, 0.1) is 10.1 Å². The standard InChI is InChI=1S/C7H5F2NO4/c8-7(9)14-5-3-1-2-4(6(5)11)10(12)13/h1-3,7,11H. The van der Waals surface area contributed by atoms with Crippen molar-refractivity contribution >= 4 is 5.69 Å². The molecule has 0 bridgehead atoms. The van der Waals surface area contributed by atoms with Gasteiger partial charge in [0.2, 0.25) is 5.75 Å². The maximum absolute atomic E-state index is 11.7. The van der Waals surface area contributed by atoms with Crippen molar-refractivity contribution in [1.82, 2.24) is 0 Å². The summed E-state index contributed by atoms with van der Waals surface area (Å²) in [7, 11) is 0. The van der Waals surface area contributed by atoms with Gasteiger partial charge in [-0.2, -0.15) is 8.78 Å². The van der Waals surface area contributed by atoms with Crippen LogP contribution in [-0.2, 0) is 0 Å². The lowest BCUT2D eigenvalue weighted by Crippen LogP contribution is -2.02. The summed E-state index contributed by atoms with van der Waals surface area (Å²) in [6, 6.07) is 3.12. The third-order valence-corrected chi connectivity index (χ3v) is 1.39. The van der Waals surface area contributed by atoms with Gasteiger partial charge in [-0.25, -0.2) is 0 Å². The van der Waals surface area contributed by atoms with Crippen LogP contribution in [0.2, 0.25) is 0 Å². The molecule has 1 aromatic rings. The zero-order chi connectivity index (χ0) is 10.7. The van der Waals surface area contributed by atoms with Gasteiger partial charge in [-0.15, -0.1) is 0 Å². The van der Waals surface area contributed by atoms with Gasteiger partial charge >= 0.3 is 12.3 Å². The largest absolute Gasteiger partial charge is 0.500 e. The van der Waals surface area contributed by atoms with Crippen LogP contribution in [0.5, 0.6) is 11.5 Å². The van der Waals surface area contributed by atoms with E-state index >= 15 is 0 Å². The molecule has 1 aromatic carbocycles. The zero-order valence-electron chi connectivity index (χ0n) is 6.68.